The van der Waals surface area contributed by atoms with Crippen LogP contribution in [0.2, 0.25) is 0 Å². The molecule has 0 unspecified atom stereocenters. The lowest BCUT2D eigenvalue weighted by atomic mass is 10.1. The summed E-state index contributed by atoms with van der Waals surface area (Å²) in [4.78, 5) is 23.8. The van der Waals surface area contributed by atoms with Crippen molar-refractivity contribution in [3.63, 3.8) is 0 Å². The van der Waals surface area contributed by atoms with Gasteiger partial charge in [-0.25, -0.2) is 0 Å². The maximum absolute atomic E-state index is 11.4. The Labute approximate surface area is 95.4 Å². The van der Waals surface area contributed by atoms with E-state index in [2.05, 4.69) is 0 Å². The molecule has 0 aliphatic carbocycles. The van der Waals surface area contributed by atoms with E-state index in [1.54, 1.807) is 4.90 Å². The number of likely N-dealkylation sites (tertiary alicyclic amines) is 1. The van der Waals surface area contributed by atoms with E-state index in [1.165, 1.54) is 0 Å². The summed E-state index contributed by atoms with van der Waals surface area (Å²) in [6.45, 7) is 5.47. The largest absolute Gasteiger partial charge is 0.481 e. The Morgan fingerprint density at radius 1 is 1.62 bits per heavy atom. The van der Waals surface area contributed by atoms with Crippen molar-refractivity contribution in [1.82, 2.24) is 4.90 Å². The number of rotatable bonds is 6. The maximum Gasteiger partial charge on any atom is 0.308 e. The minimum atomic E-state index is -0.880. The number of aliphatic carboxylic acids is 1. The highest BCUT2D eigenvalue weighted by atomic mass is 16.5. The molecular formula is C11H19NO4. The summed E-state index contributed by atoms with van der Waals surface area (Å²) >= 11 is 0. The molecule has 0 spiro atoms. The number of ether oxygens (including phenoxy) is 1. The Morgan fingerprint density at radius 3 is 2.81 bits per heavy atom. The van der Waals surface area contributed by atoms with Crippen LogP contribution in [0.5, 0.6) is 0 Å². The van der Waals surface area contributed by atoms with E-state index in [1.807, 2.05) is 13.8 Å². The van der Waals surface area contributed by atoms with Crippen molar-refractivity contribution in [2.75, 3.05) is 19.7 Å². The molecule has 16 heavy (non-hydrogen) atoms. The fourth-order valence-corrected chi connectivity index (χ4v) is 1.73. The summed E-state index contributed by atoms with van der Waals surface area (Å²) in [6.07, 6.45) is 1.09. The summed E-state index contributed by atoms with van der Waals surface area (Å²) in [7, 11) is 0. The van der Waals surface area contributed by atoms with E-state index < -0.39 is 11.9 Å². The maximum atomic E-state index is 11.4. The van der Waals surface area contributed by atoms with Crippen LogP contribution in [0.4, 0.5) is 0 Å². The van der Waals surface area contributed by atoms with Crippen molar-refractivity contribution in [2.24, 2.45) is 5.92 Å². The first-order chi connectivity index (χ1) is 7.50. The quantitative estimate of drug-likeness (QED) is 0.682. The first-order valence-electron chi connectivity index (χ1n) is 5.63. The van der Waals surface area contributed by atoms with Crippen LogP contribution in [0, 0.1) is 5.92 Å². The van der Waals surface area contributed by atoms with Crippen molar-refractivity contribution in [3.8, 4) is 0 Å². The molecule has 0 bridgehead atoms. The molecule has 5 nitrogen and oxygen atoms in total. The van der Waals surface area contributed by atoms with Gasteiger partial charge in [-0.2, -0.15) is 0 Å². The third-order valence-electron chi connectivity index (χ3n) is 2.59. The van der Waals surface area contributed by atoms with Gasteiger partial charge in [0.2, 0.25) is 5.91 Å². The fraction of sp³-hybridized carbons (Fsp3) is 0.818. The van der Waals surface area contributed by atoms with Gasteiger partial charge in [0.25, 0.3) is 0 Å². The number of carbonyl (C=O) groups is 2. The SMILES string of the molecule is CC(C)OCCCN1C[C@H](C(=O)O)CC1=O. The topological polar surface area (TPSA) is 66.8 Å². The van der Waals surface area contributed by atoms with Crippen LogP contribution < -0.4 is 0 Å². The Kier molecular flexibility index (Phi) is 4.73. The molecule has 0 aromatic heterocycles. The van der Waals surface area contributed by atoms with Crippen LogP contribution in [-0.2, 0) is 14.3 Å². The molecule has 1 aliphatic rings. The first-order valence-corrected chi connectivity index (χ1v) is 5.63. The lowest BCUT2D eigenvalue weighted by Gasteiger charge is -2.16. The first kappa shape index (κ1) is 13.0. The predicted octanol–water partition coefficient (Wildman–Crippen LogP) is 0.735. The van der Waals surface area contributed by atoms with E-state index in [9.17, 15) is 9.59 Å². The van der Waals surface area contributed by atoms with E-state index >= 15 is 0 Å². The summed E-state index contributed by atoms with van der Waals surface area (Å²) in [5.74, 6) is -1.47. The molecule has 1 amide bonds. The highest BCUT2D eigenvalue weighted by Crippen LogP contribution is 2.17. The predicted molar refractivity (Wildman–Crippen MR) is 58.0 cm³/mol. The van der Waals surface area contributed by atoms with Crippen LogP contribution in [0.25, 0.3) is 0 Å². The van der Waals surface area contributed by atoms with Gasteiger partial charge in [-0.3, -0.25) is 9.59 Å². The van der Waals surface area contributed by atoms with Crippen LogP contribution in [0.3, 0.4) is 0 Å². The third-order valence-corrected chi connectivity index (χ3v) is 2.59. The molecule has 1 atom stereocenters. The van der Waals surface area contributed by atoms with Gasteiger partial charge in [0.1, 0.15) is 0 Å². The van der Waals surface area contributed by atoms with Gasteiger partial charge >= 0.3 is 5.97 Å². The lowest BCUT2D eigenvalue weighted by Crippen LogP contribution is -2.28. The number of amides is 1. The zero-order valence-corrected chi connectivity index (χ0v) is 9.81. The Bertz CT molecular complexity index is 265. The Hall–Kier alpha value is -1.10. The van der Waals surface area contributed by atoms with Crippen molar-refractivity contribution >= 4 is 11.9 Å². The second-order valence-electron chi connectivity index (χ2n) is 4.35. The molecule has 5 heteroatoms. The van der Waals surface area contributed by atoms with Crippen LogP contribution in [0.15, 0.2) is 0 Å². The van der Waals surface area contributed by atoms with Crippen molar-refractivity contribution in [2.45, 2.75) is 32.8 Å². The highest BCUT2D eigenvalue weighted by Gasteiger charge is 2.33. The Balaban J connectivity index is 2.23. The van der Waals surface area contributed by atoms with Crippen LogP contribution in [0.1, 0.15) is 26.7 Å². The molecule has 0 aromatic rings. The number of nitrogens with zero attached hydrogens (tertiary/aromatic N) is 1. The molecule has 1 rings (SSSR count). The number of hydrogen-bond donors (Lipinski definition) is 1. The highest BCUT2D eigenvalue weighted by molar-refractivity contribution is 5.86. The van der Waals surface area contributed by atoms with Gasteiger partial charge < -0.3 is 14.7 Å². The molecule has 1 aliphatic heterocycles. The van der Waals surface area contributed by atoms with Crippen molar-refractivity contribution < 1.29 is 19.4 Å². The molecule has 0 aromatic carbocycles. The van der Waals surface area contributed by atoms with Gasteiger partial charge in [0.05, 0.1) is 12.0 Å². The molecule has 0 radical (unpaired) electrons. The second kappa shape index (κ2) is 5.84. The summed E-state index contributed by atoms with van der Waals surface area (Å²) in [5.41, 5.74) is 0. The number of carbonyl (C=O) groups excluding carboxylic acids is 1. The van der Waals surface area contributed by atoms with E-state index in [4.69, 9.17) is 9.84 Å². The molecule has 92 valence electrons. The monoisotopic (exact) mass is 229 g/mol. The molecule has 1 N–H and O–H groups in total. The number of hydrogen-bond acceptors (Lipinski definition) is 3. The molecular weight excluding hydrogens is 210 g/mol. The average Bonchev–Trinajstić information content (AvgIpc) is 2.55. The number of carboxylic acids is 1. The molecule has 1 heterocycles. The fourth-order valence-electron chi connectivity index (χ4n) is 1.73. The van der Waals surface area contributed by atoms with E-state index in [-0.39, 0.29) is 18.4 Å². The summed E-state index contributed by atoms with van der Waals surface area (Å²) in [5, 5.41) is 8.79. The zero-order valence-electron chi connectivity index (χ0n) is 9.81. The van der Waals surface area contributed by atoms with Gasteiger partial charge in [0, 0.05) is 26.1 Å². The normalized spacial score (nSPS) is 20.8. The third kappa shape index (κ3) is 3.81. The van der Waals surface area contributed by atoms with E-state index in [0.29, 0.717) is 19.7 Å². The minimum absolute atomic E-state index is 0.0584. The lowest BCUT2D eigenvalue weighted by molar-refractivity contribution is -0.141. The van der Waals surface area contributed by atoms with Gasteiger partial charge in [0.15, 0.2) is 0 Å². The van der Waals surface area contributed by atoms with Gasteiger partial charge in [-0.05, 0) is 20.3 Å². The smallest absolute Gasteiger partial charge is 0.308 e. The second-order valence-corrected chi connectivity index (χ2v) is 4.35. The summed E-state index contributed by atoms with van der Waals surface area (Å²) < 4.78 is 5.36. The molecule has 0 saturated carbocycles. The molecule has 1 saturated heterocycles. The molecule has 1 fully saturated rings. The Morgan fingerprint density at radius 2 is 2.31 bits per heavy atom. The van der Waals surface area contributed by atoms with Crippen LogP contribution in [-0.4, -0.2) is 47.7 Å². The van der Waals surface area contributed by atoms with Gasteiger partial charge in [-0.1, -0.05) is 0 Å². The minimum Gasteiger partial charge on any atom is -0.481 e. The standard InChI is InChI=1S/C11H19NO4/c1-8(2)16-5-3-4-12-7-9(11(14)15)6-10(12)13/h8-9H,3-7H2,1-2H3,(H,14,15)/t9-/m1/s1. The number of carboxylic acid groups (broad SMARTS) is 1. The van der Waals surface area contributed by atoms with Crippen LogP contribution >= 0.6 is 0 Å². The van der Waals surface area contributed by atoms with Gasteiger partial charge in [-0.15, -0.1) is 0 Å². The van der Waals surface area contributed by atoms with Crippen molar-refractivity contribution in [1.29, 1.82) is 0 Å². The summed E-state index contributed by atoms with van der Waals surface area (Å²) in [6, 6.07) is 0. The average molecular weight is 229 g/mol. The zero-order chi connectivity index (χ0) is 12.1. The van der Waals surface area contributed by atoms with E-state index in [0.717, 1.165) is 6.42 Å². The van der Waals surface area contributed by atoms with Crippen molar-refractivity contribution in [3.05, 3.63) is 0 Å².